The number of aryl methyl sites for hydroxylation is 1. The van der Waals surface area contributed by atoms with Crippen LogP contribution in [0.2, 0.25) is 0 Å². The molecule has 32 heavy (non-hydrogen) atoms. The highest BCUT2D eigenvalue weighted by Crippen LogP contribution is 2.39. The standard InChI is InChI=1S/C25H27BrN2O4/c1-2-17-3-5-18(6-4-17)22-21(23(29)19-7-9-20(26)10-8-19)24(30)25(31)28(22)12-11-27-13-15-32-16-14-27/h3-10,22,29H,2,11-16H2,1H3. The average Bonchev–Trinajstić information content (AvgIpc) is 3.08. The number of aliphatic hydroxyl groups excluding tert-OH is 1. The first-order valence-corrected chi connectivity index (χ1v) is 11.7. The van der Waals surface area contributed by atoms with Gasteiger partial charge in [-0.05, 0) is 29.7 Å². The largest absolute Gasteiger partial charge is 0.507 e. The number of hydrogen-bond acceptors (Lipinski definition) is 5. The van der Waals surface area contributed by atoms with E-state index in [0.29, 0.717) is 31.9 Å². The van der Waals surface area contributed by atoms with Crippen LogP contribution in [-0.2, 0) is 20.7 Å². The summed E-state index contributed by atoms with van der Waals surface area (Å²) in [6.07, 6.45) is 0.899. The molecule has 1 unspecified atom stereocenters. The monoisotopic (exact) mass is 498 g/mol. The number of amides is 1. The van der Waals surface area contributed by atoms with Gasteiger partial charge in [-0.3, -0.25) is 14.5 Å². The number of rotatable bonds is 6. The Labute approximate surface area is 196 Å². The molecular weight excluding hydrogens is 472 g/mol. The van der Waals surface area contributed by atoms with Gasteiger partial charge in [-0.15, -0.1) is 0 Å². The van der Waals surface area contributed by atoms with Crippen LogP contribution in [0.5, 0.6) is 0 Å². The lowest BCUT2D eigenvalue weighted by atomic mass is 9.94. The van der Waals surface area contributed by atoms with Crippen molar-refractivity contribution in [1.82, 2.24) is 9.80 Å². The van der Waals surface area contributed by atoms with Gasteiger partial charge in [0.15, 0.2) is 0 Å². The number of aliphatic hydroxyl groups is 1. The minimum Gasteiger partial charge on any atom is -0.507 e. The van der Waals surface area contributed by atoms with E-state index >= 15 is 0 Å². The van der Waals surface area contributed by atoms with E-state index in [1.807, 2.05) is 24.3 Å². The van der Waals surface area contributed by atoms with Gasteiger partial charge in [0.2, 0.25) is 0 Å². The van der Waals surface area contributed by atoms with Crippen LogP contribution in [0.1, 0.15) is 29.7 Å². The number of likely N-dealkylation sites (tertiary alicyclic amines) is 1. The Balaban J connectivity index is 1.72. The van der Waals surface area contributed by atoms with Gasteiger partial charge in [0.25, 0.3) is 11.7 Å². The number of carbonyl (C=O) groups is 2. The zero-order chi connectivity index (χ0) is 22.7. The predicted molar refractivity (Wildman–Crippen MR) is 126 cm³/mol. The van der Waals surface area contributed by atoms with Crippen molar-refractivity contribution in [2.75, 3.05) is 39.4 Å². The number of hydrogen-bond donors (Lipinski definition) is 1. The lowest BCUT2D eigenvalue weighted by molar-refractivity contribution is -0.140. The van der Waals surface area contributed by atoms with Gasteiger partial charge in [-0.25, -0.2) is 0 Å². The van der Waals surface area contributed by atoms with Crippen molar-refractivity contribution in [2.24, 2.45) is 0 Å². The summed E-state index contributed by atoms with van der Waals surface area (Å²) in [5.74, 6) is -1.35. The topological polar surface area (TPSA) is 70.1 Å². The van der Waals surface area contributed by atoms with E-state index in [-0.39, 0.29) is 11.3 Å². The van der Waals surface area contributed by atoms with Gasteiger partial charge in [-0.2, -0.15) is 0 Å². The molecule has 4 rings (SSSR count). The van der Waals surface area contributed by atoms with Crippen molar-refractivity contribution in [2.45, 2.75) is 19.4 Å². The Kier molecular flexibility index (Phi) is 7.08. The predicted octanol–water partition coefficient (Wildman–Crippen LogP) is 3.77. The van der Waals surface area contributed by atoms with Gasteiger partial charge >= 0.3 is 0 Å². The van der Waals surface area contributed by atoms with Crippen LogP contribution in [0.4, 0.5) is 0 Å². The van der Waals surface area contributed by atoms with Crippen LogP contribution < -0.4 is 0 Å². The lowest BCUT2D eigenvalue weighted by Crippen LogP contribution is -2.42. The summed E-state index contributed by atoms with van der Waals surface area (Å²) in [4.78, 5) is 30.0. The first kappa shape index (κ1) is 22.7. The molecule has 168 valence electrons. The number of ether oxygens (including phenoxy) is 1. The Hall–Kier alpha value is -2.48. The van der Waals surface area contributed by atoms with E-state index < -0.39 is 17.7 Å². The minimum atomic E-state index is -0.642. The third kappa shape index (κ3) is 4.65. The Bertz CT molecular complexity index is 1010. The average molecular weight is 499 g/mol. The molecule has 2 fully saturated rings. The highest BCUT2D eigenvalue weighted by Gasteiger charge is 2.46. The second-order valence-corrected chi connectivity index (χ2v) is 8.96. The Morgan fingerprint density at radius 3 is 2.31 bits per heavy atom. The zero-order valence-electron chi connectivity index (χ0n) is 18.1. The summed E-state index contributed by atoms with van der Waals surface area (Å²) in [5.41, 5.74) is 2.65. The SMILES string of the molecule is CCc1ccc(C2C(=C(O)c3ccc(Br)cc3)C(=O)C(=O)N2CCN2CCOCC2)cc1. The molecule has 7 heteroatoms. The van der Waals surface area contributed by atoms with Crippen LogP contribution in [0.15, 0.2) is 58.6 Å². The summed E-state index contributed by atoms with van der Waals surface area (Å²) >= 11 is 3.39. The maximum atomic E-state index is 13.1. The minimum absolute atomic E-state index is 0.142. The molecule has 2 aliphatic rings. The Morgan fingerprint density at radius 1 is 1.03 bits per heavy atom. The smallest absolute Gasteiger partial charge is 0.295 e. The molecule has 2 heterocycles. The Morgan fingerprint density at radius 2 is 1.69 bits per heavy atom. The van der Waals surface area contributed by atoms with E-state index in [0.717, 1.165) is 29.5 Å². The van der Waals surface area contributed by atoms with E-state index in [1.54, 1.807) is 29.2 Å². The number of nitrogens with zero attached hydrogens (tertiary/aromatic N) is 2. The third-order valence-electron chi connectivity index (χ3n) is 6.12. The molecule has 2 aromatic rings. The molecule has 0 aliphatic carbocycles. The van der Waals surface area contributed by atoms with Crippen LogP contribution in [0.25, 0.3) is 5.76 Å². The summed E-state index contributed by atoms with van der Waals surface area (Å²) in [6.45, 7) is 6.09. The van der Waals surface area contributed by atoms with E-state index in [4.69, 9.17) is 4.74 Å². The summed E-state index contributed by atoms with van der Waals surface area (Å²) < 4.78 is 6.27. The molecule has 2 saturated heterocycles. The maximum Gasteiger partial charge on any atom is 0.295 e. The van der Waals surface area contributed by atoms with E-state index in [2.05, 4.69) is 27.8 Å². The van der Waals surface area contributed by atoms with E-state index in [9.17, 15) is 14.7 Å². The normalized spacial score (nSPS) is 21.3. The molecule has 0 spiro atoms. The van der Waals surface area contributed by atoms with Gasteiger partial charge in [0.1, 0.15) is 5.76 Å². The van der Waals surface area contributed by atoms with Gasteiger partial charge in [0, 0.05) is 36.2 Å². The maximum absolute atomic E-state index is 13.1. The van der Waals surface area contributed by atoms with E-state index in [1.165, 1.54) is 5.56 Å². The fraction of sp³-hybridized carbons (Fsp3) is 0.360. The van der Waals surface area contributed by atoms with Crippen molar-refractivity contribution < 1.29 is 19.4 Å². The van der Waals surface area contributed by atoms with Crippen LogP contribution in [0, 0.1) is 0 Å². The fourth-order valence-corrected chi connectivity index (χ4v) is 4.49. The first-order valence-electron chi connectivity index (χ1n) is 10.9. The fourth-order valence-electron chi connectivity index (χ4n) is 4.23. The molecule has 2 aromatic carbocycles. The van der Waals surface area contributed by atoms with Crippen molar-refractivity contribution in [1.29, 1.82) is 0 Å². The van der Waals surface area contributed by atoms with Crippen molar-refractivity contribution in [3.05, 3.63) is 75.3 Å². The van der Waals surface area contributed by atoms with Gasteiger partial charge in [-0.1, -0.05) is 59.3 Å². The molecule has 2 aliphatic heterocycles. The molecule has 0 radical (unpaired) electrons. The lowest BCUT2D eigenvalue weighted by Gasteiger charge is -2.31. The third-order valence-corrected chi connectivity index (χ3v) is 6.65. The second-order valence-electron chi connectivity index (χ2n) is 8.05. The highest BCUT2D eigenvalue weighted by atomic mass is 79.9. The first-order chi connectivity index (χ1) is 15.5. The molecule has 0 aromatic heterocycles. The molecule has 1 N–H and O–H groups in total. The summed E-state index contributed by atoms with van der Waals surface area (Å²) in [7, 11) is 0. The highest BCUT2D eigenvalue weighted by molar-refractivity contribution is 9.10. The molecule has 0 saturated carbocycles. The van der Waals surface area contributed by atoms with Crippen molar-refractivity contribution in [3.8, 4) is 0 Å². The number of benzene rings is 2. The molecule has 6 nitrogen and oxygen atoms in total. The zero-order valence-corrected chi connectivity index (χ0v) is 19.7. The van der Waals surface area contributed by atoms with Crippen LogP contribution >= 0.6 is 15.9 Å². The van der Waals surface area contributed by atoms with Crippen LogP contribution in [0.3, 0.4) is 0 Å². The van der Waals surface area contributed by atoms with Crippen LogP contribution in [-0.4, -0.2) is 66.0 Å². The number of morpholine rings is 1. The van der Waals surface area contributed by atoms with Crippen molar-refractivity contribution >= 4 is 33.4 Å². The number of Topliss-reactive ketones (excluding diaryl/α,β-unsaturated/α-hetero) is 1. The summed E-state index contributed by atoms with van der Waals surface area (Å²) in [6, 6.07) is 14.4. The number of carbonyl (C=O) groups excluding carboxylic acids is 2. The second kappa shape index (κ2) is 9.98. The quantitative estimate of drug-likeness (QED) is 0.373. The van der Waals surface area contributed by atoms with Gasteiger partial charge < -0.3 is 14.7 Å². The number of halogens is 1. The molecular formula is C25H27BrN2O4. The van der Waals surface area contributed by atoms with Crippen molar-refractivity contribution in [3.63, 3.8) is 0 Å². The summed E-state index contributed by atoms with van der Waals surface area (Å²) in [5, 5.41) is 11.1. The molecule has 1 amide bonds. The molecule has 0 bridgehead atoms. The van der Waals surface area contributed by atoms with Gasteiger partial charge in [0.05, 0.1) is 24.8 Å². The number of ketones is 1. The molecule has 1 atom stereocenters.